The summed E-state index contributed by atoms with van der Waals surface area (Å²) in [6.45, 7) is -0.656. The molecule has 3 aromatic rings. The molecule has 0 spiro atoms. The first-order valence-electron chi connectivity index (χ1n) is 10.6. The summed E-state index contributed by atoms with van der Waals surface area (Å²) in [5.41, 5.74) is 1.20. The standard InChI is InChI=1S/C25H20F2N2O5S/c26-19-2-6-22(7-3-19)35(32,33)29(21-4-5-21)14-16-1-8-24(34-15-25(30)31)23(11-16)18-9-17(13-28)10-20(27)12-18/h1-3,6-12,21H,4-5,14-15H2,(H,30,31). The molecule has 0 heterocycles. The van der Waals surface area contributed by atoms with Gasteiger partial charge in [0, 0.05) is 18.2 Å². The summed E-state index contributed by atoms with van der Waals surface area (Å²) in [6, 6.07) is 14.6. The zero-order chi connectivity index (χ0) is 25.2. The van der Waals surface area contributed by atoms with Crippen molar-refractivity contribution in [3.8, 4) is 22.9 Å². The fraction of sp³-hybridized carbons (Fsp3) is 0.200. The highest BCUT2D eigenvalue weighted by Crippen LogP contribution is 2.36. The third kappa shape index (κ3) is 5.65. The van der Waals surface area contributed by atoms with Gasteiger partial charge in [-0.15, -0.1) is 0 Å². The van der Waals surface area contributed by atoms with Crippen LogP contribution in [0, 0.1) is 23.0 Å². The van der Waals surface area contributed by atoms with Crippen LogP contribution in [0.3, 0.4) is 0 Å². The predicted molar refractivity (Wildman–Crippen MR) is 122 cm³/mol. The second kappa shape index (κ2) is 9.82. The van der Waals surface area contributed by atoms with Crippen molar-refractivity contribution in [1.82, 2.24) is 4.31 Å². The Bertz CT molecular complexity index is 1410. The average Bonchev–Trinajstić information content (AvgIpc) is 3.66. The van der Waals surface area contributed by atoms with Crippen LogP contribution in [0.5, 0.6) is 5.75 Å². The van der Waals surface area contributed by atoms with Gasteiger partial charge in [-0.25, -0.2) is 22.0 Å². The smallest absolute Gasteiger partial charge is 0.341 e. The van der Waals surface area contributed by atoms with Crippen molar-refractivity contribution in [2.45, 2.75) is 30.3 Å². The summed E-state index contributed by atoms with van der Waals surface area (Å²) in [6.07, 6.45) is 1.37. The topological polar surface area (TPSA) is 108 Å². The van der Waals surface area contributed by atoms with Crippen molar-refractivity contribution >= 4 is 16.0 Å². The maximum Gasteiger partial charge on any atom is 0.341 e. The zero-order valence-electron chi connectivity index (χ0n) is 18.3. The van der Waals surface area contributed by atoms with Crippen LogP contribution in [0.15, 0.2) is 65.6 Å². The number of hydrogen-bond acceptors (Lipinski definition) is 5. The third-order valence-corrected chi connectivity index (χ3v) is 7.36. The number of hydrogen-bond donors (Lipinski definition) is 1. The molecule has 0 saturated heterocycles. The first-order chi connectivity index (χ1) is 16.7. The normalized spacial score (nSPS) is 13.4. The van der Waals surface area contributed by atoms with Gasteiger partial charge in [0.15, 0.2) is 6.61 Å². The molecule has 0 aromatic heterocycles. The molecule has 1 N–H and O–H groups in total. The molecular formula is C25H20F2N2O5S. The Balaban J connectivity index is 1.73. The summed E-state index contributed by atoms with van der Waals surface area (Å²) in [7, 11) is -3.92. The molecule has 10 heteroatoms. The van der Waals surface area contributed by atoms with Crippen LogP contribution in [-0.2, 0) is 21.4 Å². The Labute approximate surface area is 200 Å². The third-order valence-electron chi connectivity index (χ3n) is 5.45. The van der Waals surface area contributed by atoms with E-state index < -0.39 is 34.2 Å². The van der Waals surface area contributed by atoms with E-state index in [1.165, 1.54) is 34.6 Å². The van der Waals surface area contributed by atoms with E-state index in [4.69, 9.17) is 9.84 Å². The lowest BCUT2D eigenvalue weighted by Gasteiger charge is -2.23. The number of nitriles is 1. The lowest BCUT2D eigenvalue weighted by molar-refractivity contribution is -0.139. The largest absolute Gasteiger partial charge is 0.481 e. The fourth-order valence-corrected chi connectivity index (χ4v) is 5.34. The molecule has 0 amide bonds. The molecule has 1 fully saturated rings. The van der Waals surface area contributed by atoms with Crippen LogP contribution in [0.4, 0.5) is 8.78 Å². The molecule has 0 aliphatic heterocycles. The lowest BCUT2D eigenvalue weighted by atomic mass is 9.99. The molecule has 3 aromatic carbocycles. The van der Waals surface area contributed by atoms with E-state index in [2.05, 4.69) is 0 Å². The first kappa shape index (κ1) is 24.3. The van der Waals surface area contributed by atoms with Crippen LogP contribution in [0.2, 0.25) is 0 Å². The average molecular weight is 499 g/mol. The molecule has 1 aliphatic rings. The summed E-state index contributed by atoms with van der Waals surface area (Å²) < 4.78 is 60.7. The van der Waals surface area contributed by atoms with E-state index in [1.54, 1.807) is 12.1 Å². The molecule has 0 unspecified atom stereocenters. The van der Waals surface area contributed by atoms with E-state index in [0.29, 0.717) is 24.0 Å². The van der Waals surface area contributed by atoms with Crippen molar-refractivity contribution in [2.75, 3.05) is 6.61 Å². The number of ether oxygens (including phenoxy) is 1. The van der Waals surface area contributed by atoms with E-state index in [-0.39, 0.29) is 34.4 Å². The summed E-state index contributed by atoms with van der Waals surface area (Å²) in [5.74, 6) is -2.27. The Morgan fingerprint density at radius 2 is 1.77 bits per heavy atom. The monoisotopic (exact) mass is 498 g/mol. The summed E-state index contributed by atoms with van der Waals surface area (Å²) in [5, 5.41) is 18.2. The highest BCUT2D eigenvalue weighted by Gasteiger charge is 2.38. The number of carbonyl (C=O) groups is 1. The number of sulfonamides is 1. The van der Waals surface area contributed by atoms with Gasteiger partial charge in [-0.3, -0.25) is 0 Å². The minimum Gasteiger partial charge on any atom is -0.481 e. The predicted octanol–water partition coefficient (Wildman–Crippen LogP) is 4.32. The SMILES string of the molecule is N#Cc1cc(F)cc(-c2cc(CN(C3CC3)S(=O)(=O)c3ccc(F)cc3)ccc2OCC(=O)O)c1. The van der Waals surface area contributed by atoms with Gasteiger partial charge < -0.3 is 9.84 Å². The van der Waals surface area contributed by atoms with Crippen molar-refractivity contribution in [1.29, 1.82) is 5.26 Å². The van der Waals surface area contributed by atoms with Gasteiger partial charge in [-0.2, -0.15) is 9.57 Å². The number of halogens is 2. The molecule has 7 nitrogen and oxygen atoms in total. The van der Waals surface area contributed by atoms with Crippen molar-refractivity contribution in [3.05, 3.63) is 83.4 Å². The quantitative estimate of drug-likeness (QED) is 0.471. The number of nitrogens with zero attached hydrogens (tertiary/aromatic N) is 2. The van der Waals surface area contributed by atoms with Gasteiger partial charge in [0.25, 0.3) is 0 Å². The molecule has 4 rings (SSSR count). The maximum absolute atomic E-state index is 14.1. The van der Waals surface area contributed by atoms with Gasteiger partial charge in [0.2, 0.25) is 10.0 Å². The maximum atomic E-state index is 14.1. The first-order valence-corrected chi connectivity index (χ1v) is 12.1. The summed E-state index contributed by atoms with van der Waals surface area (Å²) >= 11 is 0. The zero-order valence-corrected chi connectivity index (χ0v) is 19.1. The van der Waals surface area contributed by atoms with Crippen molar-refractivity contribution < 1.29 is 31.8 Å². The van der Waals surface area contributed by atoms with Gasteiger partial charge >= 0.3 is 5.97 Å². The number of carboxylic acids is 1. The van der Waals surface area contributed by atoms with Gasteiger partial charge in [0.05, 0.1) is 16.5 Å². The Hall–Kier alpha value is -3.81. The van der Waals surface area contributed by atoms with E-state index in [0.717, 1.165) is 18.2 Å². The molecule has 0 atom stereocenters. The minimum absolute atomic E-state index is 0.0169. The Morgan fingerprint density at radius 1 is 1.06 bits per heavy atom. The number of rotatable bonds is 9. The van der Waals surface area contributed by atoms with E-state index in [1.807, 2.05) is 6.07 Å². The van der Waals surface area contributed by atoms with Gasteiger partial charge in [-0.05, 0) is 78.6 Å². The number of carboxylic acid groups (broad SMARTS) is 1. The van der Waals surface area contributed by atoms with Gasteiger partial charge in [0.1, 0.15) is 17.4 Å². The highest BCUT2D eigenvalue weighted by atomic mass is 32.2. The molecule has 35 heavy (non-hydrogen) atoms. The second-order valence-electron chi connectivity index (χ2n) is 8.09. The molecule has 1 aliphatic carbocycles. The lowest BCUT2D eigenvalue weighted by Crippen LogP contribution is -2.32. The molecule has 0 bridgehead atoms. The van der Waals surface area contributed by atoms with Crippen LogP contribution < -0.4 is 4.74 Å². The molecule has 180 valence electrons. The number of aliphatic carboxylic acids is 1. The number of benzene rings is 3. The van der Waals surface area contributed by atoms with E-state index in [9.17, 15) is 27.3 Å². The summed E-state index contributed by atoms with van der Waals surface area (Å²) in [4.78, 5) is 11.0. The minimum atomic E-state index is -3.92. The fourth-order valence-electron chi connectivity index (χ4n) is 3.67. The van der Waals surface area contributed by atoms with E-state index >= 15 is 0 Å². The van der Waals surface area contributed by atoms with Crippen molar-refractivity contribution in [2.24, 2.45) is 0 Å². The van der Waals surface area contributed by atoms with Crippen LogP contribution in [0.1, 0.15) is 24.0 Å². The molecular weight excluding hydrogens is 478 g/mol. The Kier molecular flexibility index (Phi) is 6.82. The van der Waals surface area contributed by atoms with Gasteiger partial charge in [-0.1, -0.05) is 6.07 Å². The molecule has 0 radical (unpaired) electrons. The molecule has 1 saturated carbocycles. The van der Waals surface area contributed by atoms with Crippen LogP contribution in [-0.4, -0.2) is 36.4 Å². The van der Waals surface area contributed by atoms with Crippen LogP contribution in [0.25, 0.3) is 11.1 Å². The van der Waals surface area contributed by atoms with Crippen LogP contribution >= 0.6 is 0 Å². The Morgan fingerprint density at radius 3 is 2.40 bits per heavy atom. The highest BCUT2D eigenvalue weighted by molar-refractivity contribution is 7.89. The van der Waals surface area contributed by atoms with Crippen molar-refractivity contribution in [3.63, 3.8) is 0 Å². The second-order valence-corrected chi connectivity index (χ2v) is 9.98.